The van der Waals surface area contributed by atoms with Gasteiger partial charge in [-0.3, -0.25) is 4.79 Å². The molecule has 0 spiro atoms. The number of rotatable bonds is 4. The number of benzene rings is 2. The van der Waals surface area contributed by atoms with Crippen LogP contribution in [0.1, 0.15) is 12.0 Å². The van der Waals surface area contributed by atoms with Crippen LogP contribution in [0.2, 0.25) is 0 Å². The van der Waals surface area contributed by atoms with Crippen molar-refractivity contribution in [2.24, 2.45) is 0 Å². The average molecular weight is 468 g/mol. The summed E-state index contributed by atoms with van der Waals surface area (Å²) in [5, 5.41) is 0. The van der Waals surface area contributed by atoms with E-state index in [2.05, 4.69) is 0 Å². The van der Waals surface area contributed by atoms with Crippen LogP contribution in [0.3, 0.4) is 0 Å². The highest BCUT2D eigenvalue weighted by molar-refractivity contribution is 7.94. The number of sulfonamides is 2. The molecule has 2 saturated heterocycles. The molecule has 0 saturated carbocycles. The van der Waals surface area contributed by atoms with Gasteiger partial charge in [-0.15, -0.1) is 0 Å². The first kappa shape index (κ1) is 21.7. The second kappa shape index (κ2) is 7.88. The topological polar surface area (TPSA) is 95.1 Å². The van der Waals surface area contributed by atoms with E-state index in [9.17, 15) is 26.0 Å². The number of anilines is 2. The Kier molecular flexibility index (Phi) is 5.52. The van der Waals surface area contributed by atoms with Crippen molar-refractivity contribution in [1.82, 2.24) is 4.31 Å². The molecule has 2 aromatic carbocycles. The zero-order valence-electron chi connectivity index (χ0n) is 16.9. The van der Waals surface area contributed by atoms with Crippen LogP contribution in [0.15, 0.2) is 47.4 Å². The highest BCUT2D eigenvalue weighted by atomic mass is 32.2. The fraction of sp³-hybridized carbons (Fsp3) is 0.350. The average Bonchev–Trinajstić information content (AvgIpc) is 3.01. The number of carbonyl (C=O) groups excluding carboxylic acids is 1. The Balaban J connectivity index is 1.60. The first-order chi connectivity index (χ1) is 14.6. The maximum atomic E-state index is 14.1. The van der Waals surface area contributed by atoms with Crippen molar-refractivity contribution in [3.8, 4) is 0 Å². The van der Waals surface area contributed by atoms with Crippen LogP contribution in [-0.4, -0.2) is 59.0 Å². The number of hydrogen-bond acceptors (Lipinski definition) is 6. The highest BCUT2D eigenvalue weighted by Crippen LogP contribution is 2.31. The predicted molar refractivity (Wildman–Crippen MR) is 114 cm³/mol. The van der Waals surface area contributed by atoms with Crippen molar-refractivity contribution in [2.45, 2.75) is 18.2 Å². The number of piperazine rings is 1. The Morgan fingerprint density at radius 1 is 1.00 bits per heavy atom. The second-order valence-corrected chi connectivity index (χ2v) is 11.4. The number of halogens is 1. The second-order valence-electron chi connectivity index (χ2n) is 7.52. The van der Waals surface area contributed by atoms with Gasteiger partial charge in [-0.1, -0.05) is 18.2 Å². The van der Waals surface area contributed by atoms with Crippen LogP contribution in [0.25, 0.3) is 0 Å². The molecule has 2 aliphatic rings. The van der Waals surface area contributed by atoms with E-state index in [-0.39, 0.29) is 41.7 Å². The minimum Gasteiger partial charge on any atom is -0.367 e. The van der Waals surface area contributed by atoms with Crippen LogP contribution >= 0.6 is 0 Å². The highest BCUT2D eigenvalue weighted by Gasteiger charge is 2.37. The lowest BCUT2D eigenvalue weighted by molar-refractivity contribution is -0.116. The van der Waals surface area contributed by atoms with Gasteiger partial charge in [0, 0.05) is 32.6 Å². The van der Waals surface area contributed by atoms with Crippen molar-refractivity contribution in [1.29, 1.82) is 0 Å². The predicted octanol–water partition coefficient (Wildman–Crippen LogP) is 1.71. The van der Waals surface area contributed by atoms with Gasteiger partial charge < -0.3 is 4.90 Å². The molecule has 0 atom stereocenters. The summed E-state index contributed by atoms with van der Waals surface area (Å²) in [7, 11) is -7.73. The molecule has 0 aliphatic carbocycles. The van der Waals surface area contributed by atoms with Crippen molar-refractivity contribution in [2.75, 3.05) is 41.1 Å². The van der Waals surface area contributed by atoms with Gasteiger partial charge in [-0.2, -0.15) is 4.31 Å². The molecule has 8 nitrogen and oxygen atoms in total. The van der Waals surface area contributed by atoms with E-state index in [1.165, 1.54) is 28.6 Å². The first-order valence-electron chi connectivity index (χ1n) is 9.77. The summed E-state index contributed by atoms with van der Waals surface area (Å²) in [6.45, 7) is 2.56. The van der Waals surface area contributed by atoms with Crippen molar-refractivity contribution in [3.63, 3.8) is 0 Å². The Labute approximate surface area is 181 Å². The molecule has 0 bridgehead atoms. The monoisotopic (exact) mass is 467 g/mol. The third-order valence-electron chi connectivity index (χ3n) is 5.53. The third kappa shape index (κ3) is 3.92. The summed E-state index contributed by atoms with van der Waals surface area (Å²) in [5.74, 6) is -1.23. The number of para-hydroxylation sites is 1. The largest absolute Gasteiger partial charge is 0.367 e. The molecule has 0 unspecified atom stereocenters. The fourth-order valence-electron chi connectivity index (χ4n) is 3.88. The minimum atomic E-state index is -3.94. The van der Waals surface area contributed by atoms with Gasteiger partial charge in [-0.05, 0) is 36.8 Å². The fourth-order valence-corrected chi connectivity index (χ4v) is 7.00. The first-order valence-corrected chi connectivity index (χ1v) is 12.8. The number of nitrogens with zero attached hydrogens (tertiary/aromatic N) is 3. The quantitative estimate of drug-likeness (QED) is 0.680. The Bertz CT molecular complexity index is 1240. The van der Waals surface area contributed by atoms with Crippen LogP contribution in [0, 0.1) is 12.7 Å². The van der Waals surface area contributed by atoms with Gasteiger partial charge in [0.15, 0.2) is 0 Å². The normalized spacial score (nSPS) is 19.7. The van der Waals surface area contributed by atoms with Crippen LogP contribution in [0.5, 0.6) is 0 Å². The van der Waals surface area contributed by atoms with Gasteiger partial charge in [0.2, 0.25) is 26.0 Å². The molecular weight excluding hydrogens is 445 g/mol. The Hall–Kier alpha value is -2.50. The van der Waals surface area contributed by atoms with Crippen LogP contribution < -0.4 is 9.21 Å². The van der Waals surface area contributed by atoms with E-state index < -0.39 is 26.0 Å². The number of amides is 1. The molecule has 1 amide bonds. The number of aryl methyl sites for hydroxylation is 1. The SMILES string of the molecule is Cc1ccc(N2C(=O)CCS2(=O)=O)cc1S(=O)(=O)N1CCN(c2ccccc2F)CC1. The lowest BCUT2D eigenvalue weighted by Crippen LogP contribution is -2.49. The summed E-state index contributed by atoms with van der Waals surface area (Å²) in [6, 6.07) is 10.5. The van der Waals surface area contributed by atoms with Crippen molar-refractivity contribution < 1.29 is 26.0 Å². The van der Waals surface area contributed by atoms with Gasteiger partial charge in [0.1, 0.15) is 5.82 Å². The third-order valence-corrected chi connectivity index (χ3v) is 9.27. The van der Waals surface area contributed by atoms with E-state index in [1.54, 1.807) is 30.0 Å². The molecule has 2 heterocycles. The summed E-state index contributed by atoms with van der Waals surface area (Å²) >= 11 is 0. The molecule has 0 aromatic heterocycles. The Morgan fingerprint density at radius 3 is 2.29 bits per heavy atom. The minimum absolute atomic E-state index is 0.0247. The van der Waals surface area contributed by atoms with E-state index in [1.807, 2.05) is 0 Å². The van der Waals surface area contributed by atoms with Crippen molar-refractivity contribution >= 4 is 37.3 Å². The summed E-state index contributed by atoms with van der Waals surface area (Å²) < 4.78 is 67.1. The van der Waals surface area contributed by atoms with Gasteiger partial charge >= 0.3 is 0 Å². The number of carbonyl (C=O) groups is 1. The summed E-state index contributed by atoms with van der Waals surface area (Å²) in [4.78, 5) is 13.8. The van der Waals surface area contributed by atoms with Gasteiger partial charge in [0.05, 0.1) is 22.0 Å². The van der Waals surface area contributed by atoms with E-state index in [0.717, 1.165) is 0 Å². The van der Waals surface area contributed by atoms with Crippen LogP contribution in [-0.2, 0) is 24.8 Å². The molecule has 166 valence electrons. The summed E-state index contributed by atoms with van der Waals surface area (Å²) in [6.07, 6.45) is -0.129. The molecule has 2 fully saturated rings. The van der Waals surface area contributed by atoms with Crippen LogP contribution in [0.4, 0.5) is 15.8 Å². The molecule has 31 heavy (non-hydrogen) atoms. The molecule has 11 heteroatoms. The maximum Gasteiger partial charge on any atom is 0.243 e. The smallest absolute Gasteiger partial charge is 0.243 e. The summed E-state index contributed by atoms with van der Waals surface area (Å²) in [5.41, 5.74) is 0.900. The zero-order chi connectivity index (χ0) is 22.4. The van der Waals surface area contributed by atoms with Gasteiger partial charge in [0.25, 0.3) is 0 Å². The molecule has 0 radical (unpaired) electrons. The van der Waals surface area contributed by atoms with E-state index in [4.69, 9.17) is 0 Å². The molecular formula is C20H22FN3O5S2. The molecule has 2 aromatic rings. The lowest BCUT2D eigenvalue weighted by Gasteiger charge is -2.35. The van der Waals surface area contributed by atoms with E-state index >= 15 is 0 Å². The Morgan fingerprint density at radius 2 is 1.68 bits per heavy atom. The standard InChI is InChI=1S/C20H22FN3O5S2/c1-15-6-7-16(24-20(25)8-13-30(24,26)27)14-19(15)31(28,29)23-11-9-22(10-12-23)18-5-3-2-4-17(18)21/h2-7,14H,8-13H2,1H3. The molecule has 0 N–H and O–H groups in total. The lowest BCUT2D eigenvalue weighted by atomic mass is 10.2. The molecule has 4 rings (SSSR count). The zero-order valence-corrected chi connectivity index (χ0v) is 18.5. The number of hydrogen-bond donors (Lipinski definition) is 0. The maximum absolute atomic E-state index is 14.1. The van der Waals surface area contributed by atoms with Crippen molar-refractivity contribution in [3.05, 3.63) is 53.8 Å². The van der Waals surface area contributed by atoms with Gasteiger partial charge in [-0.25, -0.2) is 25.5 Å². The van der Waals surface area contributed by atoms with E-state index in [0.29, 0.717) is 28.6 Å². The molecule has 2 aliphatic heterocycles.